The topological polar surface area (TPSA) is 51.1 Å². The number of hydrogen-bond acceptors (Lipinski definition) is 2. The fraction of sp³-hybridized carbons (Fsp3) is 0.429. The highest BCUT2D eigenvalue weighted by Crippen LogP contribution is 2.24. The fourth-order valence-electron chi connectivity index (χ4n) is 3.49. The number of anilines is 1. The van der Waals surface area contributed by atoms with Crippen LogP contribution in [0.3, 0.4) is 0 Å². The van der Waals surface area contributed by atoms with Gasteiger partial charge in [0, 0.05) is 12.1 Å². The average molecular weight is 356 g/mol. The average Bonchev–Trinajstić information content (AvgIpc) is 2.92. The van der Waals surface area contributed by atoms with Crippen LogP contribution < -0.4 is 10.9 Å². The number of carbonyl (C=O) groups is 1. The van der Waals surface area contributed by atoms with Crippen molar-refractivity contribution in [2.75, 3.05) is 5.32 Å². The monoisotopic (exact) mass is 356 g/mol. The van der Waals surface area contributed by atoms with Gasteiger partial charge in [-0.1, -0.05) is 37.8 Å². The van der Waals surface area contributed by atoms with E-state index in [9.17, 15) is 14.0 Å². The molecule has 2 aromatic rings. The summed E-state index contributed by atoms with van der Waals surface area (Å²) in [7, 11) is 0. The van der Waals surface area contributed by atoms with Crippen molar-refractivity contribution in [3.05, 3.63) is 63.8 Å². The lowest BCUT2D eigenvalue weighted by Crippen LogP contribution is -2.30. The van der Waals surface area contributed by atoms with Crippen molar-refractivity contribution in [3.63, 3.8) is 0 Å². The standard InChI is InChI=1S/C21H25FN2O2/c1-15-12-13-24(14-16-8-10-18(22)11-9-16)21(26)19(15)23-20(25)17-6-4-2-3-5-7-17/h8-13,17H,2-7,14H2,1H3,(H,23,25). The van der Waals surface area contributed by atoms with Gasteiger partial charge in [-0.15, -0.1) is 0 Å². The Morgan fingerprint density at radius 1 is 1.12 bits per heavy atom. The van der Waals surface area contributed by atoms with Crippen LogP contribution in [0.25, 0.3) is 0 Å². The fourth-order valence-corrected chi connectivity index (χ4v) is 3.49. The van der Waals surface area contributed by atoms with E-state index in [0.717, 1.165) is 36.8 Å². The van der Waals surface area contributed by atoms with Gasteiger partial charge in [0.25, 0.3) is 5.56 Å². The molecule has 1 amide bonds. The number of nitrogens with one attached hydrogen (secondary N) is 1. The lowest BCUT2D eigenvalue weighted by atomic mass is 9.99. The van der Waals surface area contributed by atoms with Gasteiger partial charge in [0.15, 0.2) is 0 Å². The second kappa shape index (κ2) is 8.30. The maximum absolute atomic E-state index is 13.1. The summed E-state index contributed by atoms with van der Waals surface area (Å²) < 4.78 is 14.6. The van der Waals surface area contributed by atoms with Crippen molar-refractivity contribution in [2.45, 2.75) is 52.0 Å². The Morgan fingerprint density at radius 3 is 2.42 bits per heavy atom. The summed E-state index contributed by atoms with van der Waals surface area (Å²) in [6.45, 7) is 2.16. The zero-order chi connectivity index (χ0) is 18.5. The molecule has 1 aromatic heterocycles. The first-order valence-corrected chi connectivity index (χ1v) is 9.30. The number of rotatable bonds is 4. The van der Waals surface area contributed by atoms with Gasteiger partial charge in [0.2, 0.25) is 5.91 Å². The van der Waals surface area contributed by atoms with Crippen LogP contribution in [-0.4, -0.2) is 10.5 Å². The molecule has 1 aliphatic rings. The molecule has 0 spiro atoms. The number of aryl methyl sites for hydroxylation is 1. The molecule has 5 heteroatoms. The van der Waals surface area contributed by atoms with E-state index in [2.05, 4.69) is 5.32 Å². The van der Waals surface area contributed by atoms with Crippen LogP contribution in [0.4, 0.5) is 10.1 Å². The molecule has 0 atom stereocenters. The normalized spacial score (nSPS) is 15.5. The minimum Gasteiger partial charge on any atom is -0.321 e. The number of aromatic nitrogens is 1. The van der Waals surface area contributed by atoms with Gasteiger partial charge in [-0.3, -0.25) is 9.59 Å². The third-order valence-corrected chi connectivity index (χ3v) is 5.11. The summed E-state index contributed by atoms with van der Waals surface area (Å²) in [5, 5.41) is 2.88. The highest BCUT2D eigenvalue weighted by molar-refractivity contribution is 5.93. The molecule has 1 fully saturated rings. The number of halogens is 1. The molecule has 1 heterocycles. The van der Waals surface area contributed by atoms with Crippen LogP contribution in [-0.2, 0) is 11.3 Å². The van der Waals surface area contributed by atoms with Crippen molar-refractivity contribution < 1.29 is 9.18 Å². The van der Waals surface area contributed by atoms with Crippen LogP contribution in [0.15, 0.2) is 41.3 Å². The Bertz CT molecular complexity index is 819. The highest BCUT2D eigenvalue weighted by Gasteiger charge is 2.21. The Hall–Kier alpha value is -2.43. The Kier molecular flexibility index (Phi) is 5.86. The first-order valence-electron chi connectivity index (χ1n) is 9.30. The molecule has 0 unspecified atom stereocenters. The minimum absolute atomic E-state index is 0.0120. The third-order valence-electron chi connectivity index (χ3n) is 5.11. The number of benzene rings is 1. The molecule has 1 N–H and O–H groups in total. The van der Waals surface area contributed by atoms with Gasteiger partial charge in [-0.2, -0.15) is 0 Å². The van der Waals surface area contributed by atoms with Crippen LogP contribution in [0, 0.1) is 18.7 Å². The molecule has 1 saturated carbocycles. The summed E-state index contributed by atoms with van der Waals surface area (Å²) in [4.78, 5) is 25.5. The molecule has 1 aromatic carbocycles. The number of pyridine rings is 1. The van der Waals surface area contributed by atoms with Crippen molar-refractivity contribution in [3.8, 4) is 0 Å². The summed E-state index contributed by atoms with van der Waals surface area (Å²) in [5.74, 6) is -0.366. The Morgan fingerprint density at radius 2 is 1.77 bits per heavy atom. The second-order valence-electron chi connectivity index (χ2n) is 7.11. The first kappa shape index (κ1) is 18.4. The molecule has 26 heavy (non-hydrogen) atoms. The van der Waals surface area contributed by atoms with E-state index in [1.807, 2.05) is 13.0 Å². The summed E-state index contributed by atoms with van der Waals surface area (Å²) >= 11 is 0. The SMILES string of the molecule is Cc1ccn(Cc2ccc(F)cc2)c(=O)c1NC(=O)C1CCCCCC1. The molecule has 0 aliphatic heterocycles. The highest BCUT2D eigenvalue weighted by atomic mass is 19.1. The quantitative estimate of drug-likeness (QED) is 0.833. The van der Waals surface area contributed by atoms with E-state index < -0.39 is 0 Å². The van der Waals surface area contributed by atoms with Gasteiger partial charge in [0.1, 0.15) is 11.5 Å². The van der Waals surface area contributed by atoms with E-state index in [-0.39, 0.29) is 23.2 Å². The second-order valence-corrected chi connectivity index (χ2v) is 7.11. The molecular weight excluding hydrogens is 331 g/mol. The van der Waals surface area contributed by atoms with Crippen LogP contribution in [0.1, 0.15) is 49.7 Å². The van der Waals surface area contributed by atoms with E-state index in [0.29, 0.717) is 12.2 Å². The van der Waals surface area contributed by atoms with Gasteiger partial charge in [-0.25, -0.2) is 4.39 Å². The van der Waals surface area contributed by atoms with Gasteiger partial charge >= 0.3 is 0 Å². The van der Waals surface area contributed by atoms with Crippen LogP contribution in [0.2, 0.25) is 0 Å². The molecule has 4 nitrogen and oxygen atoms in total. The minimum atomic E-state index is -0.304. The van der Waals surface area contributed by atoms with E-state index >= 15 is 0 Å². The molecule has 138 valence electrons. The van der Waals surface area contributed by atoms with E-state index in [1.165, 1.54) is 25.0 Å². The Balaban J connectivity index is 1.79. The summed E-state index contributed by atoms with van der Waals surface area (Å²) in [6, 6.07) is 7.90. The largest absolute Gasteiger partial charge is 0.321 e. The number of amides is 1. The Labute approximate surface area is 153 Å². The molecular formula is C21H25FN2O2. The third kappa shape index (κ3) is 4.40. The van der Waals surface area contributed by atoms with Crippen LogP contribution >= 0.6 is 0 Å². The number of hydrogen-bond donors (Lipinski definition) is 1. The van der Waals surface area contributed by atoms with Gasteiger partial charge in [0.05, 0.1) is 6.54 Å². The lowest BCUT2D eigenvalue weighted by Gasteiger charge is -2.16. The predicted octanol–water partition coefficient (Wildman–Crippen LogP) is 4.25. The van der Waals surface area contributed by atoms with E-state index in [1.54, 1.807) is 22.9 Å². The van der Waals surface area contributed by atoms with Crippen LogP contribution in [0.5, 0.6) is 0 Å². The first-order chi connectivity index (χ1) is 12.5. The summed E-state index contributed by atoms with van der Waals surface area (Å²) in [5.41, 5.74) is 1.71. The number of carbonyl (C=O) groups excluding carboxylic acids is 1. The predicted molar refractivity (Wildman–Crippen MR) is 101 cm³/mol. The van der Waals surface area contributed by atoms with E-state index in [4.69, 9.17) is 0 Å². The van der Waals surface area contributed by atoms with Gasteiger partial charge in [-0.05, 0) is 49.1 Å². The van der Waals surface area contributed by atoms with Crippen molar-refractivity contribution in [1.82, 2.24) is 4.57 Å². The molecule has 3 rings (SSSR count). The summed E-state index contributed by atoms with van der Waals surface area (Å²) in [6.07, 6.45) is 7.99. The maximum atomic E-state index is 13.1. The van der Waals surface area contributed by atoms with Crippen molar-refractivity contribution in [2.24, 2.45) is 5.92 Å². The van der Waals surface area contributed by atoms with Crippen molar-refractivity contribution >= 4 is 11.6 Å². The lowest BCUT2D eigenvalue weighted by molar-refractivity contribution is -0.120. The molecule has 0 saturated heterocycles. The zero-order valence-corrected chi connectivity index (χ0v) is 15.1. The molecule has 1 aliphatic carbocycles. The smallest absolute Gasteiger partial charge is 0.274 e. The molecule has 0 bridgehead atoms. The maximum Gasteiger partial charge on any atom is 0.274 e. The zero-order valence-electron chi connectivity index (χ0n) is 15.1. The number of nitrogens with zero attached hydrogens (tertiary/aromatic N) is 1. The van der Waals surface area contributed by atoms with Gasteiger partial charge < -0.3 is 9.88 Å². The van der Waals surface area contributed by atoms with Crippen molar-refractivity contribution in [1.29, 1.82) is 0 Å². The molecule has 0 radical (unpaired) electrons.